The second kappa shape index (κ2) is 9.65. The maximum atomic E-state index is 12.6. The number of hydrogen-bond donors (Lipinski definition) is 3. The van der Waals surface area contributed by atoms with Gasteiger partial charge in [-0.25, -0.2) is 4.79 Å². The van der Waals surface area contributed by atoms with Gasteiger partial charge in [0.2, 0.25) is 0 Å². The van der Waals surface area contributed by atoms with Crippen LogP contribution in [-0.4, -0.2) is 47.7 Å². The van der Waals surface area contributed by atoms with Crippen LogP contribution in [0.15, 0.2) is 48.2 Å². The third-order valence-electron chi connectivity index (χ3n) is 5.00. The Kier molecular flexibility index (Phi) is 6.75. The molecule has 0 radical (unpaired) electrons. The van der Waals surface area contributed by atoms with Crippen LogP contribution in [0.3, 0.4) is 0 Å². The molecule has 8 heteroatoms. The van der Waals surface area contributed by atoms with Gasteiger partial charge in [-0.05, 0) is 31.9 Å². The van der Waals surface area contributed by atoms with Crippen molar-refractivity contribution in [2.75, 3.05) is 25.0 Å². The number of phenolic OH excluding ortho intramolecular Hbond substituents is 1. The van der Waals surface area contributed by atoms with Gasteiger partial charge in [-0.15, -0.1) is 0 Å². The number of fused-ring (bicyclic) bond motifs is 1. The number of phenols is 1. The van der Waals surface area contributed by atoms with Crippen molar-refractivity contribution in [3.63, 3.8) is 0 Å². The Hall–Kier alpha value is -3.73. The quantitative estimate of drug-likeness (QED) is 0.517. The predicted octanol–water partition coefficient (Wildman–Crippen LogP) is 3.10. The van der Waals surface area contributed by atoms with Crippen LogP contribution in [0.2, 0.25) is 0 Å². The van der Waals surface area contributed by atoms with Gasteiger partial charge in [-0.3, -0.25) is 4.79 Å². The second-order valence-corrected chi connectivity index (χ2v) is 6.93. The van der Waals surface area contributed by atoms with Crippen molar-refractivity contribution in [1.82, 2.24) is 10.2 Å². The highest BCUT2D eigenvalue weighted by atomic mass is 16.6. The van der Waals surface area contributed by atoms with E-state index in [0.717, 1.165) is 0 Å². The monoisotopic (exact) mass is 408 g/mol. The Balaban J connectivity index is 1.62. The van der Waals surface area contributed by atoms with Crippen LogP contribution in [0.5, 0.6) is 5.75 Å². The third-order valence-corrected chi connectivity index (χ3v) is 5.00. The third kappa shape index (κ3) is 4.81. The SMILES string of the molecule is CCOC(=O)N1CCC(N/C=C(/C#N)C(=O)Nc2cccc3c(O)cccc23)CC1. The number of nitrogens with zero attached hydrogens (tertiary/aromatic N) is 2. The first kappa shape index (κ1) is 21.0. The summed E-state index contributed by atoms with van der Waals surface area (Å²) in [5, 5.41) is 26.5. The molecule has 0 saturated carbocycles. The highest BCUT2D eigenvalue weighted by molar-refractivity contribution is 6.11. The van der Waals surface area contributed by atoms with E-state index in [1.165, 1.54) is 6.20 Å². The van der Waals surface area contributed by atoms with Gasteiger partial charge in [-0.2, -0.15) is 5.26 Å². The normalized spacial score (nSPS) is 14.8. The number of piperidine rings is 1. The number of anilines is 1. The first-order valence-electron chi connectivity index (χ1n) is 9.83. The Morgan fingerprint density at radius 2 is 1.93 bits per heavy atom. The number of nitrogens with one attached hydrogen (secondary N) is 2. The van der Waals surface area contributed by atoms with Crippen molar-refractivity contribution in [1.29, 1.82) is 5.26 Å². The Bertz CT molecular complexity index is 1000. The summed E-state index contributed by atoms with van der Waals surface area (Å²) in [6.45, 7) is 3.22. The van der Waals surface area contributed by atoms with Gasteiger partial charge in [0.1, 0.15) is 17.4 Å². The predicted molar refractivity (Wildman–Crippen MR) is 113 cm³/mol. The Morgan fingerprint density at radius 1 is 1.23 bits per heavy atom. The van der Waals surface area contributed by atoms with E-state index in [1.807, 2.05) is 6.07 Å². The molecule has 2 aromatic carbocycles. The molecular weight excluding hydrogens is 384 g/mol. The number of hydrogen-bond acceptors (Lipinski definition) is 6. The molecule has 1 heterocycles. The Labute approximate surface area is 174 Å². The fourth-order valence-corrected chi connectivity index (χ4v) is 3.39. The summed E-state index contributed by atoms with van der Waals surface area (Å²) in [4.78, 5) is 26.0. The standard InChI is InChI=1S/C22H24N4O4/c1-2-30-22(29)26-11-9-16(10-12-26)24-14-15(13-23)21(28)25-19-7-3-6-18-17(19)5-4-8-20(18)27/h3-8,14,16,24,27H,2,9-12H2,1H3,(H,25,28)/b15-14-. The van der Waals surface area contributed by atoms with Gasteiger partial charge in [0.15, 0.2) is 0 Å². The van der Waals surface area contributed by atoms with E-state index in [2.05, 4.69) is 10.6 Å². The summed E-state index contributed by atoms with van der Waals surface area (Å²) < 4.78 is 5.00. The average molecular weight is 408 g/mol. The lowest BCUT2D eigenvalue weighted by molar-refractivity contribution is -0.112. The fraction of sp³-hybridized carbons (Fsp3) is 0.318. The molecule has 0 spiro atoms. The van der Waals surface area contributed by atoms with Crippen molar-refractivity contribution < 1.29 is 19.4 Å². The molecule has 0 atom stereocenters. The van der Waals surface area contributed by atoms with Crippen LogP contribution in [0.1, 0.15) is 19.8 Å². The number of amides is 2. The molecule has 1 aliphatic rings. The topological polar surface area (TPSA) is 115 Å². The molecule has 1 aliphatic heterocycles. The van der Waals surface area contributed by atoms with E-state index in [0.29, 0.717) is 49.0 Å². The maximum Gasteiger partial charge on any atom is 0.409 e. The van der Waals surface area contributed by atoms with Crippen LogP contribution in [0.25, 0.3) is 10.8 Å². The number of aromatic hydroxyl groups is 1. The summed E-state index contributed by atoms with van der Waals surface area (Å²) in [6, 6.07) is 12.2. The highest BCUT2D eigenvalue weighted by Gasteiger charge is 2.23. The van der Waals surface area contributed by atoms with E-state index in [4.69, 9.17) is 4.74 Å². The zero-order valence-electron chi connectivity index (χ0n) is 16.7. The van der Waals surface area contributed by atoms with Crippen LogP contribution in [0.4, 0.5) is 10.5 Å². The minimum atomic E-state index is -0.537. The van der Waals surface area contributed by atoms with Crippen LogP contribution in [0, 0.1) is 11.3 Å². The number of carbonyl (C=O) groups excluding carboxylic acids is 2. The molecule has 156 valence electrons. The maximum absolute atomic E-state index is 12.6. The minimum Gasteiger partial charge on any atom is -0.507 e. The Morgan fingerprint density at radius 3 is 2.63 bits per heavy atom. The van der Waals surface area contributed by atoms with Gasteiger partial charge in [0.05, 0.1) is 6.61 Å². The molecule has 0 aromatic heterocycles. The van der Waals surface area contributed by atoms with E-state index >= 15 is 0 Å². The van der Waals surface area contributed by atoms with E-state index < -0.39 is 5.91 Å². The number of nitriles is 1. The molecule has 1 fully saturated rings. The minimum absolute atomic E-state index is 0.0556. The molecule has 3 rings (SSSR count). The molecular formula is C22H24N4O4. The second-order valence-electron chi connectivity index (χ2n) is 6.93. The van der Waals surface area contributed by atoms with E-state index in [9.17, 15) is 20.0 Å². The largest absolute Gasteiger partial charge is 0.507 e. The van der Waals surface area contributed by atoms with Gasteiger partial charge >= 0.3 is 6.09 Å². The number of carbonyl (C=O) groups is 2. The molecule has 8 nitrogen and oxygen atoms in total. The molecule has 1 saturated heterocycles. The number of benzene rings is 2. The first-order chi connectivity index (χ1) is 14.5. The number of ether oxygens (including phenoxy) is 1. The van der Waals surface area contributed by atoms with E-state index in [1.54, 1.807) is 48.2 Å². The van der Waals surface area contributed by atoms with Crippen molar-refractivity contribution in [2.45, 2.75) is 25.8 Å². The van der Waals surface area contributed by atoms with Crippen molar-refractivity contribution >= 4 is 28.5 Å². The highest BCUT2D eigenvalue weighted by Crippen LogP contribution is 2.29. The summed E-state index contributed by atoms with van der Waals surface area (Å²) in [7, 11) is 0. The summed E-state index contributed by atoms with van der Waals surface area (Å²) >= 11 is 0. The number of rotatable bonds is 5. The first-order valence-corrected chi connectivity index (χ1v) is 9.83. The van der Waals surface area contributed by atoms with Crippen molar-refractivity contribution in [2.24, 2.45) is 0 Å². The lowest BCUT2D eigenvalue weighted by Gasteiger charge is -2.31. The van der Waals surface area contributed by atoms with Crippen molar-refractivity contribution in [3.05, 3.63) is 48.2 Å². The molecule has 3 N–H and O–H groups in total. The lowest BCUT2D eigenvalue weighted by atomic mass is 10.1. The molecule has 30 heavy (non-hydrogen) atoms. The van der Waals surface area contributed by atoms with Gasteiger partial charge < -0.3 is 25.4 Å². The van der Waals surface area contributed by atoms with Crippen LogP contribution in [-0.2, 0) is 9.53 Å². The zero-order chi connectivity index (χ0) is 21.5. The summed E-state index contributed by atoms with van der Waals surface area (Å²) in [5.41, 5.74) is 0.456. The van der Waals surface area contributed by atoms with Crippen molar-refractivity contribution in [3.8, 4) is 11.8 Å². The van der Waals surface area contributed by atoms with Gasteiger partial charge in [0.25, 0.3) is 5.91 Å². The van der Waals surface area contributed by atoms with Crippen LogP contribution >= 0.6 is 0 Å². The summed E-state index contributed by atoms with van der Waals surface area (Å²) in [5.74, 6) is -0.416. The smallest absolute Gasteiger partial charge is 0.409 e. The van der Waals surface area contributed by atoms with E-state index in [-0.39, 0.29) is 23.5 Å². The zero-order valence-corrected chi connectivity index (χ0v) is 16.7. The van der Waals surface area contributed by atoms with Crippen LogP contribution < -0.4 is 10.6 Å². The lowest BCUT2D eigenvalue weighted by Crippen LogP contribution is -2.44. The molecule has 0 aliphatic carbocycles. The molecule has 2 aromatic rings. The average Bonchev–Trinajstić information content (AvgIpc) is 2.75. The van der Waals surface area contributed by atoms with Gasteiger partial charge in [-0.1, -0.05) is 24.3 Å². The molecule has 2 amide bonds. The molecule has 0 unspecified atom stereocenters. The fourth-order valence-electron chi connectivity index (χ4n) is 3.39. The van der Waals surface area contributed by atoms with Gasteiger partial charge in [0, 0.05) is 41.8 Å². The summed E-state index contributed by atoms with van der Waals surface area (Å²) in [6.07, 6.45) is 2.49. The molecule has 0 bridgehead atoms. The number of likely N-dealkylation sites (tertiary alicyclic amines) is 1.